The van der Waals surface area contributed by atoms with E-state index in [1.54, 1.807) is 6.92 Å². The van der Waals surface area contributed by atoms with Crippen LogP contribution in [0.5, 0.6) is 0 Å². The third-order valence-corrected chi connectivity index (χ3v) is 1.18. The fourth-order valence-corrected chi connectivity index (χ4v) is 0.546. The summed E-state index contributed by atoms with van der Waals surface area (Å²) in [6.07, 6.45) is 1.46. The van der Waals surface area contributed by atoms with Crippen LogP contribution in [0, 0.1) is 0 Å². The minimum atomic E-state index is -0.734. The average Bonchev–Trinajstić information content (AvgIpc) is 2.18. The molecule has 0 unspecified atom stereocenters. The quantitative estimate of drug-likeness (QED) is 0.299. The van der Waals surface area contributed by atoms with Gasteiger partial charge in [-0.25, -0.2) is 14.6 Å². The number of aliphatic hydroxyl groups excluding tert-OH is 1. The van der Waals surface area contributed by atoms with Gasteiger partial charge < -0.3 is 15.2 Å². The van der Waals surface area contributed by atoms with Crippen LogP contribution in [-0.4, -0.2) is 37.0 Å². The SMILES string of the molecule is CCOC(=O)C(/C=N\C(=O)NC)=C\O. The standard InChI is InChI=1S/C8H12N2O4/c1-3-14-7(12)6(5-11)4-10-8(13)9-2/h4-5,11H,3H2,1-2H3,(H,9,13)/b6-5-,10-4-. The molecule has 0 aromatic carbocycles. The number of amides is 2. The molecular formula is C8H12N2O4. The molecule has 0 aliphatic carbocycles. The molecule has 0 heterocycles. The zero-order valence-electron chi connectivity index (χ0n) is 7.98. The molecule has 14 heavy (non-hydrogen) atoms. The summed E-state index contributed by atoms with van der Waals surface area (Å²) in [4.78, 5) is 25.0. The van der Waals surface area contributed by atoms with E-state index in [1.807, 2.05) is 0 Å². The lowest BCUT2D eigenvalue weighted by atomic mass is 10.3. The van der Waals surface area contributed by atoms with E-state index in [2.05, 4.69) is 15.0 Å². The third-order valence-electron chi connectivity index (χ3n) is 1.18. The van der Waals surface area contributed by atoms with E-state index in [1.165, 1.54) is 7.05 Å². The molecule has 0 atom stereocenters. The first-order valence-electron chi connectivity index (χ1n) is 3.93. The second-order valence-corrected chi connectivity index (χ2v) is 2.12. The molecule has 0 aliphatic heterocycles. The molecule has 0 bridgehead atoms. The summed E-state index contributed by atoms with van der Waals surface area (Å²) in [5.41, 5.74) is -0.185. The summed E-state index contributed by atoms with van der Waals surface area (Å²) < 4.78 is 4.57. The van der Waals surface area contributed by atoms with E-state index in [0.29, 0.717) is 6.26 Å². The third kappa shape index (κ3) is 4.24. The lowest BCUT2D eigenvalue weighted by molar-refractivity contribution is -0.137. The zero-order valence-corrected chi connectivity index (χ0v) is 7.98. The Labute approximate surface area is 81.3 Å². The van der Waals surface area contributed by atoms with Crippen molar-refractivity contribution in [2.24, 2.45) is 4.99 Å². The van der Waals surface area contributed by atoms with Crippen molar-refractivity contribution in [3.05, 3.63) is 11.8 Å². The summed E-state index contributed by atoms with van der Waals surface area (Å²) >= 11 is 0. The van der Waals surface area contributed by atoms with Crippen LogP contribution in [0.2, 0.25) is 0 Å². The number of hydrogen-bond acceptors (Lipinski definition) is 4. The van der Waals surface area contributed by atoms with Crippen molar-refractivity contribution in [1.29, 1.82) is 0 Å². The van der Waals surface area contributed by atoms with Gasteiger partial charge >= 0.3 is 12.0 Å². The van der Waals surface area contributed by atoms with Gasteiger partial charge in [0.15, 0.2) is 0 Å². The number of aliphatic hydroxyl groups is 1. The van der Waals surface area contributed by atoms with Crippen LogP contribution in [0.1, 0.15) is 6.92 Å². The smallest absolute Gasteiger partial charge is 0.342 e. The molecule has 0 aromatic heterocycles. The highest BCUT2D eigenvalue weighted by Gasteiger charge is 2.08. The van der Waals surface area contributed by atoms with Crippen LogP contribution in [0.4, 0.5) is 4.79 Å². The van der Waals surface area contributed by atoms with Crippen LogP contribution in [0.25, 0.3) is 0 Å². The normalized spacial score (nSPS) is 11.4. The summed E-state index contributed by atoms with van der Waals surface area (Å²) in [7, 11) is 1.40. The van der Waals surface area contributed by atoms with Crippen molar-refractivity contribution < 1.29 is 19.4 Å². The number of carbonyl (C=O) groups is 2. The molecule has 78 valence electrons. The van der Waals surface area contributed by atoms with E-state index in [4.69, 9.17) is 5.11 Å². The predicted octanol–water partition coefficient (Wildman–Crippen LogP) is 0.402. The number of carbonyl (C=O) groups excluding carboxylic acids is 2. The number of nitrogens with one attached hydrogen (secondary N) is 1. The molecule has 0 saturated carbocycles. The number of hydrogen-bond donors (Lipinski definition) is 2. The van der Waals surface area contributed by atoms with Gasteiger partial charge in [-0.15, -0.1) is 0 Å². The van der Waals surface area contributed by atoms with Gasteiger partial charge in [-0.1, -0.05) is 0 Å². The highest BCUT2D eigenvalue weighted by molar-refractivity contribution is 6.11. The van der Waals surface area contributed by atoms with Crippen LogP contribution in [-0.2, 0) is 9.53 Å². The number of rotatable bonds is 3. The first-order chi connectivity index (χ1) is 6.65. The van der Waals surface area contributed by atoms with Crippen molar-refractivity contribution in [3.63, 3.8) is 0 Å². The van der Waals surface area contributed by atoms with Gasteiger partial charge in [0.1, 0.15) is 5.57 Å². The number of aliphatic imine (C=N–C) groups is 1. The molecule has 0 aliphatic rings. The Bertz CT molecular complexity index is 271. The van der Waals surface area contributed by atoms with Gasteiger partial charge in [0.25, 0.3) is 0 Å². The van der Waals surface area contributed by atoms with Crippen molar-refractivity contribution in [3.8, 4) is 0 Å². The van der Waals surface area contributed by atoms with Crippen molar-refractivity contribution >= 4 is 18.2 Å². The van der Waals surface area contributed by atoms with E-state index in [9.17, 15) is 9.59 Å². The predicted molar refractivity (Wildman–Crippen MR) is 50.3 cm³/mol. The Morgan fingerprint density at radius 3 is 2.64 bits per heavy atom. The summed E-state index contributed by atoms with van der Waals surface area (Å²) in [6.45, 7) is 1.81. The van der Waals surface area contributed by atoms with Crippen molar-refractivity contribution in [2.45, 2.75) is 6.92 Å². The number of esters is 1. The van der Waals surface area contributed by atoms with Crippen LogP contribution >= 0.6 is 0 Å². The van der Waals surface area contributed by atoms with E-state index in [-0.39, 0.29) is 12.2 Å². The molecule has 0 radical (unpaired) electrons. The van der Waals surface area contributed by atoms with Gasteiger partial charge in [-0.3, -0.25) is 0 Å². The van der Waals surface area contributed by atoms with Gasteiger partial charge in [-0.05, 0) is 6.92 Å². The maximum Gasteiger partial charge on any atom is 0.342 e. The Kier molecular flexibility index (Phi) is 5.77. The second kappa shape index (κ2) is 6.64. The molecule has 6 nitrogen and oxygen atoms in total. The minimum absolute atomic E-state index is 0.185. The Morgan fingerprint density at radius 2 is 2.21 bits per heavy atom. The van der Waals surface area contributed by atoms with E-state index >= 15 is 0 Å². The highest BCUT2D eigenvalue weighted by atomic mass is 16.5. The van der Waals surface area contributed by atoms with E-state index in [0.717, 1.165) is 6.21 Å². The topological polar surface area (TPSA) is 88.0 Å². The van der Waals surface area contributed by atoms with Gasteiger partial charge in [0, 0.05) is 7.05 Å². The minimum Gasteiger partial charge on any atom is -0.515 e. The number of urea groups is 1. The van der Waals surface area contributed by atoms with Crippen molar-refractivity contribution in [2.75, 3.05) is 13.7 Å². The zero-order chi connectivity index (χ0) is 11.0. The Hall–Kier alpha value is -1.85. The lowest BCUT2D eigenvalue weighted by Gasteiger charge is -1.99. The molecule has 0 rings (SSSR count). The van der Waals surface area contributed by atoms with Crippen LogP contribution in [0.3, 0.4) is 0 Å². The maximum absolute atomic E-state index is 11.0. The summed E-state index contributed by atoms with van der Waals surface area (Å²) in [6, 6.07) is -0.617. The summed E-state index contributed by atoms with van der Waals surface area (Å²) in [5.74, 6) is -0.734. The highest BCUT2D eigenvalue weighted by Crippen LogP contribution is 1.93. The fourth-order valence-electron chi connectivity index (χ4n) is 0.546. The van der Waals surface area contributed by atoms with Crippen LogP contribution in [0.15, 0.2) is 16.8 Å². The molecule has 2 N–H and O–H groups in total. The van der Waals surface area contributed by atoms with Gasteiger partial charge in [0.2, 0.25) is 0 Å². The number of nitrogens with zero attached hydrogens (tertiary/aromatic N) is 1. The largest absolute Gasteiger partial charge is 0.515 e. The van der Waals surface area contributed by atoms with Gasteiger partial charge in [-0.2, -0.15) is 0 Å². The average molecular weight is 200 g/mol. The van der Waals surface area contributed by atoms with Crippen molar-refractivity contribution in [1.82, 2.24) is 5.32 Å². The first kappa shape index (κ1) is 12.2. The first-order valence-corrected chi connectivity index (χ1v) is 3.93. The van der Waals surface area contributed by atoms with Gasteiger partial charge in [0.05, 0.1) is 19.1 Å². The van der Waals surface area contributed by atoms with E-state index < -0.39 is 12.0 Å². The lowest BCUT2D eigenvalue weighted by Crippen LogP contribution is -2.15. The summed E-state index contributed by atoms with van der Waals surface area (Å²) in [5, 5.41) is 10.8. The number of ether oxygens (including phenoxy) is 1. The fraction of sp³-hybridized carbons (Fsp3) is 0.375. The molecule has 6 heteroatoms. The maximum atomic E-state index is 11.0. The van der Waals surface area contributed by atoms with Crippen LogP contribution < -0.4 is 5.32 Å². The Balaban J connectivity index is 4.38. The molecular weight excluding hydrogens is 188 g/mol. The molecule has 0 fully saturated rings. The molecule has 0 aromatic rings. The molecule has 0 saturated heterocycles. The molecule has 2 amide bonds. The monoisotopic (exact) mass is 200 g/mol. The Morgan fingerprint density at radius 1 is 1.57 bits per heavy atom. The second-order valence-electron chi connectivity index (χ2n) is 2.12. The molecule has 0 spiro atoms.